The summed E-state index contributed by atoms with van der Waals surface area (Å²) in [6.45, 7) is 3.75. The molecule has 1 aromatic rings. The van der Waals surface area contributed by atoms with Gasteiger partial charge in [0.25, 0.3) is 0 Å². The molecule has 4 N–H and O–H groups in total. The summed E-state index contributed by atoms with van der Waals surface area (Å²) in [7, 11) is 0. The fourth-order valence-electron chi connectivity index (χ4n) is 3.03. The van der Waals surface area contributed by atoms with Crippen LogP contribution in [0.2, 0.25) is 5.02 Å². The summed E-state index contributed by atoms with van der Waals surface area (Å²) in [5.41, 5.74) is 10.8. The lowest BCUT2D eigenvalue weighted by Crippen LogP contribution is -2.51. The number of halogens is 1. The average Bonchev–Trinajstić information content (AvgIpc) is 2.60. The summed E-state index contributed by atoms with van der Waals surface area (Å²) in [6, 6.07) is 6.56. The van der Waals surface area contributed by atoms with Gasteiger partial charge in [0, 0.05) is 17.0 Å². The molecule has 0 radical (unpaired) electrons. The van der Waals surface area contributed by atoms with Crippen LogP contribution >= 0.6 is 11.6 Å². The predicted molar refractivity (Wildman–Crippen MR) is 97.4 cm³/mol. The lowest BCUT2D eigenvalue weighted by atomic mass is 9.80. The van der Waals surface area contributed by atoms with Crippen LogP contribution in [0.1, 0.15) is 45.1 Å². The van der Waals surface area contributed by atoms with E-state index in [0.29, 0.717) is 29.8 Å². The lowest BCUT2D eigenvalue weighted by Gasteiger charge is -2.38. The highest BCUT2D eigenvalue weighted by molar-refractivity contribution is 6.32. The van der Waals surface area contributed by atoms with E-state index in [-0.39, 0.29) is 18.1 Å². The first-order valence-electron chi connectivity index (χ1n) is 8.45. The molecule has 136 valence electrons. The number of benzene rings is 1. The smallest absolute Gasteiger partial charge is 0.217 e. The molecule has 25 heavy (non-hydrogen) atoms. The Morgan fingerprint density at radius 2 is 2.08 bits per heavy atom. The van der Waals surface area contributed by atoms with Crippen LogP contribution in [-0.2, 0) is 19.9 Å². The second-order valence-corrected chi connectivity index (χ2v) is 6.54. The zero-order chi connectivity index (χ0) is 18.6. The monoisotopic (exact) mass is 365 g/mol. The molecule has 0 aliphatic carbocycles. The van der Waals surface area contributed by atoms with Gasteiger partial charge in [0.2, 0.25) is 17.6 Å². The van der Waals surface area contributed by atoms with Crippen LogP contribution in [0, 0.1) is 0 Å². The minimum atomic E-state index is -1.13. The Hall–Kier alpha value is -1.92. The molecule has 1 aromatic carbocycles. The largest absolute Gasteiger partial charge is 0.468 e. The van der Waals surface area contributed by atoms with Crippen molar-refractivity contribution in [3.8, 4) is 0 Å². The maximum atomic E-state index is 13.1. The first-order chi connectivity index (χ1) is 11.9. The number of aliphatic imine (C=N–C) groups is 1. The molecule has 2 rings (SSSR count). The quantitative estimate of drug-likeness (QED) is 0.772. The van der Waals surface area contributed by atoms with Gasteiger partial charge in [-0.05, 0) is 25.3 Å². The zero-order valence-corrected chi connectivity index (χ0v) is 15.3. The van der Waals surface area contributed by atoms with Crippen molar-refractivity contribution in [2.24, 2.45) is 16.5 Å². The molecule has 0 fully saturated rings. The number of Topliss-reactive ketones (excluding diaryl/α,β-unsaturated/α-hetero) is 1. The molecule has 1 amide bonds. The van der Waals surface area contributed by atoms with Crippen LogP contribution in [0.15, 0.2) is 29.3 Å². The zero-order valence-electron chi connectivity index (χ0n) is 14.5. The molecular formula is C18H24ClN3O3. The van der Waals surface area contributed by atoms with E-state index in [2.05, 4.69) is 4.99 Å². The molecule has 2 unspecified atom stereocenters. The number of hydrogen-bond acceptors (Lipinski definition) is 5. The lowest BCUT2D eigenvalue weighted by molar-refractivity contribution is -0.134. The van der Waals surface area contributed by atoms with Crippen LogP contribution in [0.5, 0.6) is 0 Å². The van der Waals surface area contributed by atoms with E-state index in [1.54, 1.807) is 18.2 Å². The number of ether oxygens (including phenoxy) is 1. The number of carbonyl (C=O) groups excluding carboxylic acids is 2. The van der Waals surface area contributed by atoms with Gasteiger partial charge in [0.15, 0.2) is 11.6 Å². The van der Waals surface area contributed by atoms with Crippen LogP contribution < -0.4 is 11.5 Å². The average molecular weight is 366 g/mol. The van der Waals surface area contributed by atoms with Gasteiger partial charge in [-0.3, -0.25) is 9.59 Å². The van der Waals surface area contributed by atoms with E-state index < -0.39 is 23.6 Å². The first-order valence-corrected chi connectivity index (χ1v) is 8.83. The summed E-state index contributed by atoms with van der Waals surface area (Å²) < 4.78 is 5.74. The molecule has 3 atom stereocenters. The van der Waals surface area contributed by atoms with Crippen LogP contribution in [-0.4, -0.2) is 29.7 Å². The van der Waals surface area contributed by atoms with Crippen molar-refractivity contribution >= 4 is 29.2 Å². The van der Waals surface area contributed by atoms with Crippen molar-refractivity contribution in [3.05, 3.63) is 34.9 Å². The Balaban J connectivity index is 2.51. The van der Waals surface area contributed by atoms with Gasteiger partial charge in [-0.1, -0.05) is 43.6 Å². The molecule has 7 heteroatoms. The van der Waals surface area contributed by atoms with Gasteiger partial charge >= 0.3 is 0 Å². The molecular weight excluding hydrogens is 342 g/mol. The Labute approximate surface area is 152 Å². The minimum Gasteiger partial charge on any atom is -0.468 e. The first kappa shape index (κ1) is 19.4. The Morgan fingerprint density at radius 3 is 2.64 bits per heavy atom. The second-order valence-electron chi connectivity index (χ2n) is 6.13. The van der Waals surface area contributed by atoms with Gasteiger partial charge in [0.05, 0.1) is 6.04 Å². The predicted octanol–water partition coefficient (Wildman–Crippen LogP) is 2.31. The Morgan fingerprint density at radius 1 is 1.40 bits per heavy atom. The molecule has 6 nitrogen and oxygen atoms in total. The third-order valence-electron chi connectivity index (χ3n) is 4.48. The Kier molecular flexibility index (Phi) is 6.19. The van der Waals surface area contributed by atoms with Gasteiger partial charge in [-0.25, -0.2) is 4.99 Å². The number of rotatable bonds is 7. The molecule has 1 heterocycles. The van der Waals surface area contributed by atoms with E-state index in [0.717, 1.165) is 0 Å². The fourth-order valence-corrected chi connectivity index (χ4v) is 3.32. The van der Waals surface area contributed by atoms with E-state index in [9.17, 15) is 9.59 Å². The Bertz CT molecular complexity index is 692. The second kappa shape index (κ2) is 7.97. The highest BCUT2D eigenvalue weighted by Crippen LogP contribution is 2.40. The third kappa shape index (κ3) is 3.85. The number of nitrogens with two attached hydrogens (primary N) is 2. The summed E-state index contributed by atoms with van der Waals surface area (Å²) in [5, 5.41) is 0.475. The minimum absolute atomic E-state index is 0.125. The number of carbonyl (C=O) groups is 2. The molecule has 1 aliphatic rings. The molecule has 0 saturated carbocycles. The van der Waals surface area contributed by atoms with E-state index in [1.165, 1.54) is 0 Å². The standard InChI is InChI=1S/C18H24ClN3O3/c1-3-14-16(24)18(4-2,11-7-5-6-8-12(11)19)22-17(25-14)13(20)9-10-15(21)23/h5-8,13-14H,3-4,9-10,20H2,1-2H3,(H2,21,23)/t13-,14?,18?/m0/s1. The van der Waals surface area contributed by atoms with Crippen molar-refractivity contribution in [1.29, 1.82) is 0 Å². The topological polar surface area (TPSA) is 108 Å². The number of ketones is 1. The normalized spacial score (nSPS) is 24.4. The summed E-state index contributed by atoms with van der Waals surface area (Å²) in [6.07, 6.45) is 0.706. The maximum Gasteiger partial charge on any atom is 0.217 e. The van der Waals surface area contributed by atoms with Crippen LogP contribution in [0.4, 0.5) is 0 Å². The van der Waals surface area contributed by atoms with Crippen molar-refractivity contribution < 1.29 is 14.3 Å². The molecule has 0 bridgehead atoms. The van der Waals surface area contributed by atoms with E-state index in [4.69, 9.17) is 27.8 Å². The van der Waals surface area contributed by atoms with Gasteiger partial charge in [0.1, 0.15) is 0 Å². The number of nitrogens with zero attached hydrogens (tertiary/aromatic N) is 1. The summed E-state index contributed by atoms with van der Waals surface area (Å²) >= 11 is 6.36. The van der Waals surface area contributed by atoms with Crippen LogP contribution in [0.25, 0.3) is 0 Å². The number of primary amides is 1. The summed E-state index contributed by atoms with van der Waals surface area (Å²) in [5.74, 6) is -0.297. The molecule has 0 aromatic heterocycles. The number of amides is 1. The fraction of sp³-hybridized carbons (Fsp3) is 0.500. The van der Waals surface area contributed by atoms with Gasteiger partial charge < -0.3 is 16.2 Å². The third-order valence-corrected chi connectivity index (χ3v) is 4.81. The SMILES string of the molecule is CCC1OC([C@@H](N)CCC(N)=O)=NC(CC)(c2ccccc2Cl)C1=O. The molecule has 0 spiro atoms. The van der Waals surface area contributed by atoms with Gasteiger partial charge in [-0.2, -0.15) is 0 Å². The van der Waals surface area contributed by atoms with Crippen molar-refractivity contribution in [1.82, 2.24) is 0 Å². The summed E-state index contributed by atoms with van der Waals surface area (Å²) in [4.78, 5) is 28.7. The maximum absolute atomic E-state index is 13.1. The van der Waals surface area contributed by atoms with E-state index in [1.807, 2.05) is 19.9 Å². The van der Waals surface area contributed by atoms with Crippen molar-refractivity contribution in [3.63, 3.8) is 0 Å². The number of hydrogen-bond donors (Lipinski definition) is 2. The van der Waals surface area contributed by atoms with Gasteiger partial charge in [-0.15, -0.1) is 0 Å². The van der Waals surface area contributed by atoms with Crippen LogP contribution in [0.3, 0.4) is 0 Å². The highest BCUT2D eigenvalue weighted by Gasteiger charge is 2.48. The molecule has 1 aliphatic heterocycles. The van der Waals surface area contributed by atoms with Crippen molar-refractivity contribution in [2.75, 3.05) is 0 Å². The highest BCUT2D eigenvalue weighted by atomic mass is 35.5. The molecule has 0 saturated heterocycles. The van der Waals surface area contributed by atoms with E-state index >= 15 is 0 Å². The van der Waals surface area contributed by atoms with Crippen molar-refractivity contribution in [2.45, 2.75) is 57.2 Å².